The summed E-state index contributed by atoms with van der Waals surface area (Å²) in [5.41, 5.74) is 9.78. The number of ether oxygens (including phenoxy) is 1. The summed E-state index contributed by atoms with van der Waals surface area (Å²) in [6.07, 6.45) is 9.16. The van der Waals surface area contributed by atoms with Crippen LogP contribution >= 0.6 is 0 Å². The Labute approximate surface area is 176 Å². The fourth-order valence-corrected chi connectivity index (χ4v) is 5.05. The highest BCUT2D eigenvalue weighted by Crippen LogP contribution is 2.39. The van der Waals surface area contributed by atoms with Crippen molar-refractivity contribution in [1.29, 1.82) is 0 Å². The molecule has 3 fully saturated rings. The Kier molecular flexibility index (Phi) is 4.37. The van der Waals surface area contributed by atoms with Gasteiger partial charge in [0.2, 0.25) is 0 Å². The van der Waals surface area contributed by atoms with Crippen molar-refractivity contribution >= 4 is 10.9 Å². The Morgan fingerprint density at radius 1 is 1.07 bits per heavy atom. The number of nitrogens with zero attached hydrogens (tertiary/aromatic N) is 5. The standard InChI is InChI=1S/C23H28N6O/c24-23(6-1-7-23)18-3-2-17-12-27-29(21(17)10-18)22-11-20(25-15-26-22)16-4-8-28(9-5-16)19-13-30-14-19/h2-3,10-12,15-16,19H,1,4-9,13-14,24H2. The molecular weight excluding hydrogens is 376 g/mol. The molecule has 0 spiro atoms. The van der Waals surface area contributed by atoms with Crippen LogP contribution in [0.3, 0.4) is 0 Å². The van der Waals surface area contributed by atoms with E-state index in [1.165, 1.54) is 12.0 Å². The maximum Gasteiger partial charge on any atom is 0.157 e. The lowest BCUT2D eigenvalue weighted by Crippen LogP contribution is -2.51. The monoisotopic (exact) mass is 404 g/mol. The average Bonchev–Trinajstić information content (AvgIpc) is 3.15. The van der Waals surface area contributed by atoms with Gasteiger partial charge in [0.25, 0.3) is 0 Å². The highest BCUT2D eigenvalue weighted by molar-refractivity contribution is 5.81. The molecular formula is C23H28N6O. The van der Waals surface area contributed by atoms with Crippen molar-refractivity contribution in [3.05, 3.63) is 48.0 Å². The molecule has 0 unspecified atom stereocenters. The molecule has 6 rings (SSSR count). The topological polar surface area (TPSA) is 82.1 Å². The van der Waals surface area contributed by atoms with E-state index in [-0.39, 0.29) is 5.54 Å². The second kappa shape index (κ2) is 7.11. The molecule has 2 saturated heterocycles. The van der Waals surface area contributed by atoms with Gasteiger partial charge < -0.3 is 10.5 Å². The average molecular weight is 405 g/mol. The Balaban J connectivity index is 1.27. The zero-order valence-corrected chi connectivity index (χ0v) is 17.2. The third kappa shape index (κ3) is 3.04. The van der Waals surface area contributed by atoms with Gasteiger partial charge in [-0.3, -0.25) is 4.90 Å². The van der Waals surface area contributed by atoms with Gasteiger partial charge in [0.15, 0.2) is 5.82 Å². The number of piperidine rings is 1. The number of rotatable bonds is 4. The Morgan fingerprint density at radius 3 is 2.60 bits per heavy atom. The Morgan fingerprint density at radius 2 is 1.90 bits per heavy atom. The van der Waals surface area contributed by atoms with Crippen LogP contribution < -0.4 is 5.73 Å². The number of fused-ring (bicyclic) bond motifs is 1. The maximum absolute atomic E-state index is 6.57. The first kappa shape index (κ1) is 18.4. The van der Waals surface area contributed by atoms with Crippen LogP contribution in [0.1, 0.15) is 49.3 Å². The second-order valence-electron chi connectivity index (χ2n) is 9.14. The first-order valence-corrected chi connectivity index (χ1v) is 11.1. The number of benzene rings is 1. The van der Waals surface area contributed by atoms with Crippen LogP contribution in [-0.4, -0.2) is 57.0 Å². The normalized spacial score (nSPS) is 22.7. The largest absolute Gasteiger partial charge is 0.378 e. The van der Waals surface area contributed by atoms with Crippen molar-refractivity contribution in [3.63, 3.8) is 0 Å². The van der Waals surface area contributed by atoms with E-state index in [4.69, 9.17) is 10.5 Å². The molecule has 0 radical (unpaired) electrons. The van der Waals surface area contributed by atoms with E-state index in [9.17, 15) is 0 Å². The number of nitrogens with two attached hydrogens (primary N) is 1. The zero-order valence-electron chi connectivity index (χ0n) is 17.2. The molecule has 1 aromatic carbocycles. The minimum atomic E-state index is -0.181. The molecule has 1 saturated carbocycles. The molecule has 1 aliphatic carbocycles. The molecule has 0 amide bonds. The molecule has 0 bridgehead atoms. The molecule has 7 heteroatoms. The fraction of sp³-hybridized carbons (Fsp3) is 0.522. The van der Waals surface area contributed by atoms with E-state index >= 15 is 0 Å². The molecule has 2 N–H and O–H groups in total. The van der Waals surface area contributed by atoms with Crippen LogP contribution in [-0.2, 0) is 10.3 Å². The van der Waals surface area contributed by atoms with Crippen molar-refractivity contribution in [1.82, 2.24) is 24.6 Å². The maximum atomic E-state index is 6.57. The van der Waals surface area contributed by atoms with Crippen molar-refractivity contribution < 1.29 is 4.74 Å². The second-order valence-corrected chi connectivity index (χ2v) is 9.14. The summed E-state index contributed by atoms with van der Waals surface area (Å²) >= 11 is 0. The van der Waals surface area contributed by atoms with E-state index in [1.54, 1.807) is 6.33 Å². The molecule has 2 aliphatic heterocycles. The minimum Gasteiger partial charge on any atom is -0.378 e. The predicted octanol–water partition coefficient (Wildman–Crippen LogP) is 2.73. The van der Waals surface area contributed by atoms with Crippen molar-refractivity contribution in [2.45, 2.75) is 49.6 Å². The van der Waals surface area contributed by atoms with E-state index in [2.05, 4.69) is 44.2 Å². The van der Waals surface area contributed by atoms with E-state index in [0.29, 0.717) is 12.0 Å². The van der Waals surface area contributed by atoms with Gasteiger partial charge in [-0.05, 0) is 56.8 Å². The van der Waals surface area contributed by atoms with Gasteiger partial charge in [-0.15, -0.1) is 0 Å². The molecule has 30 heavy (non-hydrogen) atoms. The third-order valence-corrected chi connectivity index (χ3v) is 7.37. The summed E-state index contributed by atoms with van der Waals surface area (Å²) in [5, 5.41) is 5.75. The van der Waals surface area contributed by atoms with Gasteiger partial charge in [0.05, 0.1) is 31.0 Å². The molecule has 3 aliphatic rings. The zero-order chi connectivity index (χ0) is 20.1. The summed E-state index contributed by atoms with van der Waals surface area (Å²) in [4.78, 5) is 11.7. The van der Waals surface area contributed by atoms with Crippen molar-refractivity contribution in [3.8, 4) is 5.82 Å². The van der Waals surface area contributed by atoms with Crippen LogP contribution in [0.15, 0.2) is 36.8 Å². The first-order chi connectivity index (χ1) is 14.7. The van der Waals surface area contributed by atoms with Crippen LogP contribution in [0.5, 0.6) is 0 Å². The van der Waals surface area contributed by atoms with Gasteiger partial charge >= 0.3 is 0 Å². The van der Waals surface area contributed by atoms with Gasteiger partial charge in [-0.25, -0.2) is 14.6 Å². The van der Waals surface area contributed by atoms with Crippen LogP contribution in [0.2, 0.25) is 0 Å². The van der Waals surface area contributed by atoms with E-state index < -0.39 is 0 Å². The summed E-state index contributed by atoms with van der Waals surface area (Å²) in [5.74, 6) is 1.31. The third-order valence-electron chi connectivity index (χ3n) is 7.37. The molecule has 7 nitrogen and oxygen atoms in total. The summed E-state index contributed by atoms with van der Waals surface area (Å²) in [6.45, 7) is 4.01. The lowest BCUT2D eigenvalue weighted by atomic mass is 9.73. The summed E-state index contributed by atoms with van der Waals surface area (Å²) in [6, 6.07) is 9.22. The number of hydrogen-bond donors (Lipinski definition) is 1. The van der Waals surface area contributed by atoms with Gasteiger partial charge in [-0.1, -0.05) is 12.1 Å². The summed E-state index contributed by atoms with van der Waals surface area (Å²) < 4.78 is 7.29. The Bertz CT molecular complexity index is 1060. The molecule has 156 valence electrons. The predicted molar refractivity (Wildman–Crippen MR) is 115 cm³/mol. The molecule has 0 atom stereocenters. The number of aromatic nitrogens is 4. The van der Waals surface area contributed by atoms with Crippen LogP contribution in [0, 0.1) is 0 Å². The highest BCUT2D eigenvalue weighted by atomic mass is 16.5. The SMILES string of the molecule is NC1(c2ccc3cnn(-c4cc(C5CCN(C6COC6)CC5)ncn4)c3c2)CCC1. The Hall–Kier alpha value is -2.35. The highest BCUT2D eigenvalue weighted by Gasteiger charge is 2.34. The van der Waals surface area contributed by atoms with Crippen molar-refractivity contribution in [2.24, 2.45) is 5.73 Å². The van der Waals surface area contributed by atoms with E-state index in [0.717, 1.165) is 74.4 Å². The molecule has 4 heterocycles. The molecule has 2 aromatic heterocycles. The van der Waals surface area contributed by atoms with Gasteiger partial charge in [-0.2, -0.15) is 5.10 Å². The van der Waals surface area contributed by atoms with Gasteiger partial charge in [0.1, 0.15) is 6.33 Å². The van der Waals surface area contributed by atoms with Crippen LogP contribution in [0.25, 0.3) is 16.7 Å². The van der Waals surface area contributed by atoms with Crippen LogP contribution in [0.4, 0.5) is 0 Å². The fourth-order valence-electron chi connectivity index (χ4n) is 5.05. The smallest absolute Gasteiger partial charge is 0.157 e. The van der Waals surface area contributed by atoms with Crippen molar-refractivity contribution in [2.75, 3.05) is 26.3 Å². The summed E-state index contributed by atoms with van der Waals surface area (Å²) in [7, 11) is 0. The number of likely N-dealkylation sites (tertiary alicyclic amines) is 1. The molecule has 3 aromatic rings. The number of hydrogen-bond acceptors (Lipinski definition) is 6. The van der Waals surface area contributed by atoms with Gasteiger partial charge in [0, 0.05) is 28.6 Å². The lowest BCUT2D eigenvalue weighted by molar-refractivity contribution is -0.0713. The lowest BCUT2D eigenvalue weighted by Gasteiger charge is -2.41. The first-order valence-electron chi connectivity index (χ1n) is 11.1. The van der Waals surface area contributed by atoms with E-state index in [1.807, 2.05) is 10.9 Å². The quantitative estimate of drug-likeness (QED) is 0.720. The minimum absolute atomic E-state index is 0.181.